The molecular weight excluding hydrogens is 366 g/mol. The molecule has 0 saturated carbocycles. The molecule has 1 amide bonds. The number of sulfonamides is 1. The van der Waals surface area contributed by atoms with E-state index in [0.717, 1.165) is 5.69 Å². The maximum Gasteiger partial charge on any atom is 0.263 e. The summed E-state index contributed by atoms with van der Waals surface area (Å²) in [7, 11) is -3.84. The third-order valence-corrected chi connectivity index (χ3v) is 5.31. The minimum atomic E-state index is -3.84. The zero-order chi connectivity index (χ0) is 18.9. The lowest BCUT2D eigenvalue weighted by Crippen LogP contribution is -2.14. The van der Waals surface area contributed by atoms with Crippen LogP contribution in [0.2, 0.25) is 0 Å². The molecule has 0 aliphatic carbocycles. The second-order valence-corrected chi connectivity index (χ2v) is 7.63. The van der Waals surface area contributed by atoms with Crippen LogP contribution in [0.4, 0.5) is 23.0 Å². The van der Waals surface area contributed by atoms with Gasteiger partial charge in [0.05, 0.1) is 11.3 Å². The first kappa shape index (κ1) is 17.0. The minimum absolute atomic E-state index is 0.0611. The molecule has 27 heavy (non-hydrogen) atoms. The summed E-state index contributed by atoms with van der Waals surface area (Å²) in [6.07, 6.45) is 0.165. The topological polar surface area (TPSA) is 113 Å². The van der Waals surface area contributed by atoms with Gasteiger partial charge in [0.15, 0.2) is 11.6 Å². The zero-order valence-electron chi connectivity index (χ0n) is 14.0. The molecule has 1 aromatic heterocycles. The van der Waals surface area contributed by atoms with E-state index >= 15 is 0 Å². The summed E-state index contributed by atoms with van der Waals surface area (Å²) < 4.78 is 27.5. The van der Waals surface area contributed by atoms with Gasteiger partial charge >= 0.3 is 0 Å². The molecule has 4 rings (SSSR count). The molecule has 1 aliphatic heterocycles. The van der Waals surface area contributed by atoms with Crippen molar-refractivity contribution in [2.24, 2.45) is 0 Å². The van der Waals surface area contributed by atoms with Crippen molar-refractivity contribution in [3.63, 3.8) is 0 Å². The lowest BCUT2D eigenvalue weighted by molar-refractivity contribution is -0.115. The molecule has 9 heteroatoms. The normalized spacial score (nSPS) is 13.0. The molecule has 8 nitrogen and oxygen atoms in total. The van der Waals surface area contributed by atoms with E-state index in [2.05, 4.69) is 25.6 Å². The van der Waals surface area contributed by atoms with Crippen LogP contribution in [0.1, 0.15) is 5.56 Å². The Bertz CT molecular complexity index is 1100. The van der Waals surface area contributed by atoms with Gasteiger partial charge in [-0.1, -0.05) is 18.2 Å². The Labute approximate surface area is 155 Å². The van der Waals surface area contributed by atoms with E-state index in [-0.39, 0.29) is 23.0 Å². The fourth-order valence-electron chi connectivity index (χ4n) is 2.69. The zero-order valence-corrected chi connectivity index (χ0v) is 14.8. The summed E-state index contributed by atoms with van der Waals surface area (Å²) in [6.45, 7) is 0. The van der Waals surface area contributed by atoms with Gasteiger partial charge in [-0.25, -0.2) is 8.42 Å². The highest BCUT2D eigenvalue weighted by Crippen LogP contribution is 2.26. The summed E-state index contributed by atoms with van der Waals surface area (Å²) in [6, 6.07) is 17.1. The smallest absolute Gasteiger partial charge is 0.263 e. The number of nitrogens with zero attached hydrogens (tertiary/aromatic N) is 2. The number of nitrogens with one attached hydrogen (secondary N) is 3. The van der Waals surface area contributed by atoms with Gasteiger partial charge in [0.25, 0.3) is 10.0 Å². The molecule has 0 spiro atoms. The van der Waals surface area contributed by atoms with Crippen molar-refractivity contribution < 1.29 is 13.2 Å². The van der Waals surface area contributed by atoms with Crippen LogP contribution in [-0.4, -0.2) is 24.5 Å². The summed E-state index contributed by atoms with van der Waals surface area (Å²) >= 11 is 0. The summed E-state index contributed by atoms with van der Waals surface area (Å²) in [4.78, 5) is 11.5. The Kier molecular flexibility index (Phi) is 4.21. The predicted molar refractivity (Wildman–Crippen MR) is 101 cm³/mol. The van der Waals surface area contributed by atoms with E-state index < -0.39 is 10.0 Å². The SMILES string of the molecule is O=C1Cc2cc(S(=O)(=O)Nc3ccc(Nc4ccccc4)nn3)ccc2N1. The van der Waals surface area contributed by atoms with Crippen LogP contribution >= 0.6 is 0 Å². The molecule has 0 fully saturated rings. The van der Waals surface area contributed by atoms with Crippen molar-refractivity contribution in [2.45, 2.75) is 11.3 Å². The van der Waals surface area contributed by atoms with Crippen molar-refractivity contribution in [3.05, 3.63) is 66.2 Å². The Morgan fingerprint density at radius 3 is 2.41 bits per heavy atom. The van der Waals surface area contributed by atoms with E-state index in [4.69, 9.17) is 0 Å². The lowest BCUT2D eigenvalue weighted by atomic mass is 10.2. The number of fused-ring (bicyclic) bond motifs is 1. The Balaban J connectivity index is 1.50. The van der Waals surface area contributed by atoms with Crippen LogP contribution < -0.4 is 15.4 Å². The molecule has 3 N–H and O–H groups in total. The Morgan fingerprint density at radius 1 is 0.926 bits per heavy atom. The first-order valence-electron chi connectivity index (χ1n) is 8.11. The Hall–Kier alpha value is -3.46. The maximum absolute atomic E-state index is 12.6. The molecule has 0 bridgehead atoms. The van der Waals surface area contributed by atoms with Gasteiger partial charge < -0.3 is 10.6 Å². The maximum atomic E-state index is 12.6. The van der Waals surface area contributed by atoms with Gasteiger partial charge in [-0.05, 0) is 48.0 Å². The number of rotatable bonds is 5. The monoisotopic (exact) mass is 381 g/mol. The molecule has 136 valence electrons. The molecule has 0 atom stereocenters. The molecule has 3 aromatic rings. The fraction of sp³-hybridized carbons (Fsp3) is 0.0556. The number of amides is 1. The molecule has 1 aliphatic rings. The molecule has 2 heterocycles. The van der Waals surface area contributed by atoms with Crippen LogP contribution in [-0.2, 0) is 21.2 Å². The first-order chi connectivity index (χ1) is 13.0. The van der Waals surface area contributed by atoms with E-state index in [0.29, 0.717) is 17.1 Å². The number of hydrogen-bond donors (Lipinski definition) is 3. The first-order valence-corrected chi connectivity index (χ1v) is 9.59. The van der Waals surface area contributed by atoms with Crippen LogP contribution in [0, 0.1) is 0 Å². The van der Waals surface area contributed by atoms with Gasteiger partial charge in [-0.2, -0.15) is 0 Å². The van der Waals surface area contributed by atoms with Gasteiger partial charge in [0, 0.05) is 11.4 Å². The molecule has 0 saturated heterocycles. The highest BCUT2D eigenvalue weighted by atomic mass is 32.2. The molecule has 0 radical (unpaired) electrons. The van der Waals surface area contributed by atoms with E-state index in [1.165, 1.54) is 18.2 Å². The highest BCUT2D eigenvalue weighted by molar-refractivity contribution is 7.92. The van der Waals surface area contributed by atoms with Crippen molar-refractivity contribution in [3.8, 4) is 0 Å². The minimum Gasteiger partial charge on any atom is -0.339 e. The van der Waals surface area contributed by atoms with Crippen molar-refractivity contribution in [1.29, 1.82) is 0 Å². The summed E-state index contributed by atoms with van der Waals surface area (Å²) in [5, 5.41) is 13.6. The number of aromatic nitrogens is 2. The molecule has 2 aromatic carbocycles. The molecule has 0 unspecified atom stereocenters. The predicted octanol–water partition coefficient (Wildman–Crippen LogP) is 2.52. The third-order valence-electron chi connectivity index (χ3n) is 3.96. The lowest BCUT2D eigenvalue weighted by Gasteiger charge is -2.09. The Morgan fingerprint density at radius 2 is 1.67 bits per heavy atom. The average molecular weight is 381 g/mol. The van der Waals surface area contributed by atoms with Crippen molar-refractivity contribution >= 4 is 38.9 Å². The largest absolute Gasteiger partial charge is 0.339 e. The van der Waals surface area contributed by atoms with E-state index in [1.54, 1.807) is 12.1 Å². The van der Waals surface area contributed by atoms with Crippen molar-refractivity contribution in [2.75, 3.05) is 15.4 Å². The van der Waals surface area contributed by atoms with Crippen LogP contribution in [0.5, 0.6) is 0 Å². The van der Waals surface area contributed by atoms with E-state index in [1.807, 2.05) is 30.3 Å². The van der Waals surface area contributed by atoms with Gasteiger partial charge in [-0.3, -0.25) is 9.52 Å². The van der Waals surface area contributed by atoms with Crippen molar-refractivity contribution in [1.82, 2.24) is 10.2 Å². The van der Waals surface area contributed by atoms with E-state index in [9.17, 15) is 13.2 Å². The van der Waals surface area contributed by atoms with Crippen LogP contribution in [0.3, 0.4) is 0 Å². The number of para-hydroxylation sites is 1. The van der Waals surface area contributed by atoms with Gasteiger partial charge in [0.2, 0.25) is 5.91 Å². The number of carbonyl (C=O) groups excluding carboxylic acids is 1. The quantitative estimate of drug-likeness (QED) is 0.626. The van der Waals surface area contributed by atoms with Gasteiger partial charge in [0.1, 0.15) is 0 Å². The second-order valence-electron chi connectivity index (χ2n) is 5.94. The highest BCUT2D eigenvalue weighted by Gasteiger charge is 2.22. The number of carbonyl (C=O) groups is 1. The number of anilines is 4. The summed E-state index contributed by atoms with van der Waals surface area (Å²) in [5.74, 6) is 0.439. The number of benzene rings is 2. The second kappa shape index (κ2) is 6.69. The number of hydrogen-bond acceptors (Lipinski definition) is 6. The standard InChI is InChI=1S/C18H15N5O3S/c24-18-11-12-10-14(6-7-15(12)20-18)27(25,26)23-17-9-8-16(21-22-17)19-13-4-2-1-3-5-13/h1-10H,11H2,(H,19,21)(H,20,24)(H,22,23). The van der Waals surface area contributed by atoms with Crippen LogP contribution in [0.25, 0.3) is 0 Å². The average Bonchev–Trinajstić information content (AvgIpc) is 3.03. The molecular formula is C18H15N5O3S. The fourth-order valence-corrected chi connectivity index (χ4v) is 3.74. The third kappa shape index (κ3) is 3.72. The van der Waals surface area contributed by atoms with Crippen LogP contribution in [0.15, 0.2) is 65.6 Å². The van der Waals surface area contributed by atoms with Gasteiger partial charge in [-0.15, -0.1) is 10.2 Å². The summed E-state index contributed by atoms with van der Waals surface area (Å²) in [5.41, 5.74) is 2.13.